The molecule has 3 rings (SSSR count). The number of carbonyl (C=O) groups is 2. The minimum Gasteiger partial charge on any atom is -0.455 e. The lowest BCUT2D eigenvalue weighted by Crippen LogP contribution is -2.16. The monoisotopic (exact) mass is 388 g/mol. The van der Waals surface area contributed by atoms with Gasteiger partial charge in [0.2, 0.25) is 11.7 Å². The number of hydrogen-bond acceptors (Lipinski definition) is 9. The summed E-state index contributed by atoms with van der Waals surface area (Å²) >= 11 is 1.12. The molecule has 3 aromatic rings. The lowest BCUT2D eigenvalue weighted by Gasteiger charge is -2.02. The first-order chi connectivity index (χ1) is 13.1. The van der Waals surface area contributed by atoms with E-state index >= 15 is 0 Å². The summed E-state index contributed by atoms with van der Waals surface area (Å²) in [5, 5.41) is 10.1. The average molecular weight is 388 g/mol. The van der Waals surface area contributed by atoms with Gasteiger partial charge in [-0.1, -0.05) is 40.6 Å². The van der Waals surface area contributed by atoms with Crippen molar-refractivity contribution in [3.05, 3.63) is 48.0 Å². The number of hydrogen-bond donors (Lipinski definition) is 1. The number of aromatic nitrogens is 3. The van der Waals surface area contributed by atoms with Crippen LogP contribution in [-0.4, -0.2) is 38.7 Å². The van der Waals surface area contributed by atoms with Crippen LogP contribution in [0.1, 0.15) is 11.7 Å². The standard InChI is InChI=1S/C17H16N4O5S/c1-11-7-13(20-25-11)18-14(22)9-27-10-16(23)24-8-15-19-17(21-26-15)12-5-3-2-4-6-12/h2-7H,8-10H2,1H3,(H,18,20,22). The van der Waals surface area contributed by atoms with Crippen molar-refractivity contribution in [3.8, 4) is 11.4 Å². The van der Waals surface area contributed by atoms with Crippen molar-refractivity contribution in [2.75, 3.05) is 16.8 Å². The van der Waals surface area contributed by atoms with Crippen LogP contribution < -0.4 is 5.32 Å². The predicted molar refractivity (Wildman–Crippen MR) is 96.7 cm³/mol. The SMILES string of the molecule is Cc1cc(NC(=O)CSCC(=O)OCc2nc(-c3ccccc3)no2)no1. The lowest BCUT2D eigenvalue weighted by atomic mass is 10.2. The molecule has 1 aromatic carbocycles. The van der Waals surface area contributed by atoms with Gasteiger partial charge in [-0.25, -0.2) is 0 Å². The van der Waals surface area contributed by atoms with E-state index < -0.39 is 5.97 Å². The second kappa shape index (κ2) is 8.99. The summed E-state index contributed by atoms with van der Waals surface area (Å²) < 4.78 is 15.0. The maximum absolute atomic E-state index is 11.7. The molecule has 0 fully saturated rings. The maximum atomic E-state index is 11.7. The number of esters is 1. The molecule has 0 unspecified atom stereocenters. The molecule has 140 valence electrons. The fourth-order valence-corrected chi connectivity index (χ4v) is 2.64. The number of nitrogens with zero attached hydrogens (tertiary/aromatic N) is 3. The molecule has 0 bridgehead atoms. The zero-order chi connectivity index (χ0) is 19.1. The number of carbonyl (C=O) groups excluding carboxylic acids is 2. The Bertz CT molecular complexity index is 909. The number of nitrogens with one attached hydrogen (secondary N) is 1. The summed E-state index contributed by atoms with van der Waals surface area (Å²) in [7, 11) is 0. The first-order valence-corrected chi connectivity index (χ1v) is 9.10. The molecule has 0 radical (unpaired) electrons. The smallest absolute Gasteiger partial charge is 0.316 e. The van der Waals surface area contributed by atoms with Crippen LogP contribution in [0.2, 0.25) is 0 Å². The highest BCUT2D eigenvalue weighted by molar-refractivity contribution is 8.00. The highest BCUT2D eigenvalue weighted by atomic mass is 32.2. The fourth-order valence-electron chi connectivity index (χ4n) is 2.03. The second-order valence-electron chi connectivity index (χ2n) is 5.40. The van der Waals surface area contributed by atoms with Crippen molar-refractivity contribution in [1.82, 2.24) is 15.3 Å². The minimum atomic E-state index is -0.482. The van der Waals surface area contributed by atoms with Crippen LogP contribution in [0.15, 0.2) is 45.4 Å². The average Bonchev–Trinajstić information content (AvgIpc) is 3.30. The summed E-state index contributed by atoms with van der Waals surface area (Å²) in [6, 6.07) is 10.9. The van der Waals surface area contributed by atoms with Crippen molar-refractivity contribution in [2.24, 2.45) is 0 Å². The molecule has 0 saturated carbocycles. The van der Waals surface area contributed by atoms with Crippen molar-refractivity contribution in [1.29, 1.82) is 0 Å². The Kier molecular flexibility index (Phi) is 6.21. The summed E-state index contributed by atoms with van der Waals surface area (Å²) in [6.45, 7) is 1.60. The third kappa shape index (κ3) is 5.68. The Morgan fingerprint density at radius 3 is 2.70 bits per heavy atom. The highest BCUT2D eigenvalue weighted by Gasteiger charge is 2.12. The molecule has 0 aliphatic rings. The van der Waals surface area contributed by atoms with Gasteiger partial charge < -0.3 is 19.1 Å². The third-order valence-corrected chi connectivity index (χ3v) is 4.11. The van der Waals surface area contributed by atoms with Crippen molar-refractivity contribution in [3.63, 3.8) is 0 Å². The maximum Gasteiger partial charge on any atom is 0.316 e. The Balaban J connectivity index is 1.36. The Morgan fingerprint density at radius 2 is 1.96 bits per heavy atom. The lowest BCUT2D eigenvalue weighted by molar-refractivity contribution is -0.142. The van der Waals surface area contributed by atoms with Crippen LogP contribution in [0.5, 0.6) is 0 Å². The van der Waals surface area contributed by atoms with Crippen molar-refractivity contribution in [2.45, 2.75) is 13.5 Å². The zero-order valence-corrected chi connectivity index (χ0v) is 15.2. The van der Waals surface area contributed by atoms with Gasteiger partial charge in [-0.3, -0.25) is 9.59 Å². The van der Waals surface area contributed by atoms with E-state index in [1.165, 1.54) is 0 Å². The van der Waals surface area contributed by atoms with E-state index in [2.05, 4.69) is 20.6 Å². The van der Waals surface area contributed by atoms with E-state index in [0.717, 1.165) is 17.3 Å². The first kappa shape index (κ1) is 18.6. The van der Waals surface area contributed by atoms with Gasteiger partial charge >= 0.3 is 5.97 Å². The van der Waals surface area contributed by atoms with Crippen LogP contribution >= 0.6 is 11.8 Å². The highest BCUT2D eigenvalue weighted by Crippen LogP contribution is 2.15. The number of benzene rings is 1. The summed E-state index contributed by atoms with van der Waals surface area (Å²) in [4.78, 5) is 27.6. The first-order valence-electron chi connectivity index (χ1n) is 7.94. The van der Waals surface area contributed by atoms with E-state index in [1.54, 1.807) is 13.0 Å². The van der Waals surface area contributed by atoms with Crippen molar-refractivity contribution >= 4 is 29.5 Å². The largest absolute Gasteiger partial charge is 0.455 e. The summed E-state index contributed by atoms with van der Waals surface area (Å²) in [5.41, 5.74) is 0.808. The molecule has 2 aromatic heterocycles. The van der Waals surface area contributed by atoms with E-state index in [0.29, 0.717) is 17.4 Å². The number of ether oxygens (including phenoxy) is 1. The van der Waals surface area contributed by atoms with Gasteiger partial charge in [0.1, 0.15) is 5.76 Å². The molecular weight excluding hydrogens is 372 g/mol. The van der Waals surface area contributed by atoms with Crippen molar-refractivity contribution < 1.29 is 23.4 Å². The van der Waals surface area contributed by atoms with Gasteiger partial charge in [0.25, 0.3) is 5.89 Å². The fraction of sp³-hybridized carbons (Fsp3) is 0.235. The van der Waals surface area contributed by atoms with Crippen LogP contribution in [0.4, 0.5) is 5.82 Å². The molecular formula is C17H16N4O5S. The molecule has 0 atom stereocenters. The topological polar surface area (TPSA) is 120 Å². The number of rotatable bonds is 8. The Labute approximate surface area is 158 Å². The molecule has 0 aliphatic heterocycles. The molecule has 2 heterocycles. The van der Waals surface area contributed by atoms with E-state index in [9.17, 15) is 9.59 Å². The quantitative estimate of drug-likeness (QED) is 0.580. The molecule has 0 spiro atoms. The normalized spacial score (nSPS) is 10.6. The van der Waals surface area contributed by atoms with E-state index in [-0.39, 0.29) is 29.9 Å². The molecule has 9 nitrogen and oxygen atoms in total. The molecule has 0 saturated heterocycles. The van der Waals surface area contributed by atoms with Gasteiger partial charge in [-0.15, -0.1) is 11.8 Å². The summed E-state index contributed by atoms with van der Waals surface area (Å²) in [5.74, 6) is 0.895. The third-order valence-electron chi connectivity index (χ3n) is 3.21. The van der Waals surface area contributed by atoms with Crippen LogP contribution in [0, 0.1) is 6.92 Å². The zero-order valence-electron chi connectivity index (χ0n) is 14.4. The Hall–Kier alpha value is -3.14. The molecule has 1 N–H and O–H groups in total. The van der Waals surface area contributed by atoms with Gasteiger partial charge in [-0.2, -0.15) is 4.98 Å². The van der Waals surface area contributed by atoms with E-state index in [4.69, 9.17) is 13.8 Å². The number of aryl methyl sites for hydroxylation is 1. The second-order valence-corrected chi connectivity index (χ2v) is 6.39. The van der Waals surface area contributed by atoms with Crippen LogP contribution in [0.25, 0.3) is 11.4 Å². The van der Waals surface area contributed by atoms with Crippen LogP contribution in [-0.2, 0) is 20.9 Å². The molecule has 1 amide bonds. The molecule has 27 heavy (non-hydrogen) atoms. The van der Waals surface area contributed by atoms with Gasteiger partial charge in [0, 0.05) is 11.6 Å². The molecule has 0 aliphatic carbocycles. The number of amides is 1. The summed E-state index contributed by atoms with van der Waals surface area (Å²) in [6.07, 6.45) is 0. The number of anilines is 1. The van der Waals surface area contributed by atoms with E-state index in [1.807, 2.05) is 30.3 Å². The van der Waals surface area contributed by atoms with Gasteiger partial charge in [-0.05, 0) is 6.92 Å². The molecule has 10 heteroatoms. The Morgan fingerprint density at radius 1 is 1.15 bits per heavy atom. The van der Waals surface area contributed by atoms with Gasteiger partial charge in [0.05, 0.1) is 11.5 Å². The predicted octanol–water partition coefficient (Wildman–Crippen LogP) is 2.45. The minimum absolute atomic E-state index is 0.0188. The number of thioether (sulfide) groups is 1. The van der Waals surface area contributed by atoms with Crippen LogP contribution in [0.3, 0.4) is 0 Å². The van der Waals surface area contributed by atoms with Gasteiger partial charge in [0.15, 0.2) is 12.4 Å².